The van der Waals surface area contributed by atoms with Crippen LogP contribution < -0.4 is 5.32 Å². The Morgan fingerprint density at radius 1 is 1.10 bits per heavy atom. The van der Waals surface area contributed by atoms with E-state index in [-0.39, 0.29) is 6.10 Å². The van der Waals surface area contributed by atoms with Crippen LogP contribution in [0.3, 0.4) is 0 Å². The van der Waals surface area contributed by atoms with Gasteiger partial charge in [-0.05, 0) is 77.0 Å². The van der Waals surface area contributed by atoms with Crippen LogP contribution in [0.1, 0.15) is 64.7 Å². The standard InChI is InChI=1S/C17H34N2O/c1-2-12-19-13-9-16(10-14-19)18-11-5-7-15-6-3-4-8-17(15)20/h15-18,20H,2-14H2,1H3. The van der Waals surface area contributed by atoms with E-state index in [2.05, 4.69) is 17.1 Å². The van der Waals surface area contributed by atoms with Gasteiger partial charge in [0.15, 0.2) is 0 Å². The first kappa shape index (κ1) is 16.3. The molecule has 118 valence electrons. The summed E-state index contributed by atoms with van der Waals surface area (Å²) in [5.41, 5.74) is 0. The summed E-state index contributed by atoms with van der Waals surface area (Å²) < 4.78 is 0. The van der Waals surface area contributed by atoms with Gasteiger partial charge in [-0.1, -0.05) is 19.8 Å². The Balaban J connectivity index is 1.51. The quantitative estimate of drug-likeness (QED) is 0.705. The largest absolute Gasteiger partial charge is 0.393 e. The number of nitrogens with zero attached hydrogens (tertiary/aromatic N) is 1. The number of aliphatic hydroxyl groups excluding tert-OH is 1. The minimum Gasteiger partial charge on any atom is -0.393 e. The minimum absolute atomic E-state index is 0.0129. The lowest BCUT2D eigenvalue weighted by molar-refractivity contribution is 0.0640. The fraction of sp³-hybridized carbons (Fsp3) is 1.00. The molecule has 0 aromatic heterocycles. The topological polar surface area (TPSA) is 35.5 Å². The molecule has 20 heavy (non-hydrogen) atoms. The van der Waals surface area contributed by atoms with E-state index in [9.17, 15) is 5.11 Å². The fourth-order valence-corrected chi connectivity index (χ4v) is 3.87. The van der Waals surface area contributed by atoms with Crippen LogP contribution >= 0.6 is 0 Å². The van der Waals surface area contributed by atoms with Crippen molar-refractivity contribution in [3.05, 3.63) is 0 Å². The van der Waals surface area contributed by atoms with Crippen molar-refractivity contribution in [3.63, 3.8) is 0 Å². The summed E-state index contributed by atoms with van der Waals surface area (Å²) in [5, 5.41) is 13.7. The molecule has 2 unspecified atom stereocenters. The number of piperidine rings is 1. The maximum atomic E-state index is 9.97. The van der Waals surface area contributed by atoms with Gasteiger partial charge in [0.05, 0.1) is 6.10 Å². The number of aliphatic hydroxyl groups is 1. The van der Waals surface area contributed by atoms with Gasteiger partial charge in [0.1, 0.15) is 0 Å². The van der Waals surface area contributed by atoms with Crippen molar-refractivity contribution in [2.24, 2.45) is 5.92 Å². The molecule has 0 bridgehead atoms. The monoisotopic (exact) mass is 282 g/mol. The normalized spacial score (nSPS) is 29.7. The Hall–Kier alpha value is -0.120. The van der Waals surface area contributed by atoms with Gasteiger partial charge in [0.25, 0.3) is 0 Å². The third kappa shape index (κ3) is 5.34. The van der Waals surface area contributed by atoms with Gasteiger partial charge in [0, 0.05) is 6.04 Å². The minimum atomic E-state index is -0.0129. The highest BCUT2D eigenvalue weighted by atomic mass is 16.3. The fourth-order valence-electron chi connectivity index (χ4n) is 3.87. The summed E-state index contributed by atoms with van der Waals surface area (Å²) >= 11 is 0. The maximum Gasteiger partial charge on any atom is 0.0568 e. The molecule has 2 N–H and O–H groups in total. The van der Waals surface area contributed by atoms with Crippen LogP contribution in [0.4, 0.5) is 0 Å². The molecule has 1 saturated carbocycles. The van der Waals surface area contributed by atoms with E-state index >= 15 is 0 Å². The van der Waals surface area contributed by atoms with E-state index in [1.54, 1.807) is 0 Å². The highest BCUT2D eigenvalue weighted by molar-refractivity contribution is 4.78. The van der Waals surface area contributed by atoms with Crippen molar-refractivity contribution in [1.29, 1.82) is 0 Å². The summed E-state index contributed by atoms with van der Waals surface area (Å²) in [6, 6.07) is 0.736. The van der Waals surface area contributed by atoms with Crippen LogP contribution in [-0.4, -0.2) is 48.3 Å². The summed E-state index contributed by atoms with van der Waals surface area (Å²) in [6.45, 7) is 7.22. The zero-order chi connectivity index (χ0) is 14.2. The van der Waals surface area contributed by atoms with Crippen LogP contribution in [0.15, 0.2) is 0 Å². The van der Waals surface area contributed by atoms with Gasteiger partial charge >= 0.3 is 0 Å². The van der Waals surface area contributed by atoms with Crippen molar-refractivity contribution in [2.45, 2.75) is 76.9 Å². The molecule has 1 aliphatic heterocycles. The van der Waals surface area contributed by atoms with Crippen LogP contribution in [0.5, 0.6) is 0 Å². The maximum absolute atomic E-state index is 9.97. The molecule has 0 amide bonds. The molecule has 2 rings (SSSR count). The molecule has 3 heteroatoms. The number of nitrogens with one attached hydrogen (secondary N) is 1. The second-order valence-electron chi connectivity index (χ2n) is 6.82. The lowest BCUT2D eigenvalue weighted by atomic mass is 9.83. The van der Waals surface area contributed by atoms with E-state index in [1.165, 1.54) is 71.0 Å². The van der Waals surface area contributed by atoms with Crippen LogP contribution in [0, 0.1) is 5.92 Å². The number of hydrogen-bond acceptors (Lipinski definition) is 3. The molecule has 2 atom stereocenters. The van der Waals surface area contributed by atoms with E-state index < -0.39 is 0 Å². The summed E-state index contributed by atoms with van der Waals surface area (Å²) in [5.74, 6) is 0.581. The molecule has 0 spiro atoms. The third-order valence-corrected chi connectivity index (χ3v) is 5.18. The average molecular weight is 282 g/mol. The van der Waals surface area contributed by atoms with Crippen molar-refractivity contribution < 1.29 is 5.11 Å². The second-order valence-corrected chi connectivity index (χ2v) is 6.82. The molecule has 0 aromatic rings. The Kier molecular flexibility index (Phi) is 7.32. The first-order chi connectivity index (χ1) is 9.79. The summed E-state index contributed by atoms with van der Waals surface area (Å²) in [6.07, 6.45) is 11.2. The number of hydrogen-bond donors (Lipinski definition) is 2. The smallest absolute Gasteiger partial charge is 0.0568 e. The van der Waals surface area contributed by atoms with Gasteiger partial charge in [-0.15, -0.1) is 0 Å². The Bertz CT molecular complexity index is 251. The predicted octanol–water partition coefficient (Wildman–Crippen LogP) is 2.78. The van der Waals surface area contributed by atoms with Crippen molar-refractivity contribution in [2.75, 3.05) is 26.2 Å². The van der Waals surface area contributed by atoms with Crippen molar-refractivity contribution in [3.8, 4) is 0 Å². The van der Waals surface area contributed by atoms with E-state index in [0.717, 1.165) is 19.0 Å². The summed E-state index contributed by atoms with van der Waals surface area (Å²) in [4.78, 5) is 2.59. The van der Waals surface area contributed by atoms with Gasteiger partial charge in [-0.25, -0.2) is 0 Å². The van der Waals surface area contributed by atoms with Crippen molar-refractivity contribution >= 4 is 0 Å². The second kappa shape index (κ2) is 9.01. The van der Waals surface area contributed by atoms with Gasteiger partial charge in [-0.3, -0.25) is 0 Å². The lowest BCUT2D eigenvalue weighted by Crippen LogP contribution is -2.43. The highest BCUT2D eigenvalue weighted by Crippen LogP contribution is 2.27. The molecule has 0 radical (unpaired) electrons. The molecular formula is C17H34N2O. The van der Waals surface area contributed by atoms with E-state index in [0.29, 0.717) is 5.92 Å². The summed E-state index contributed by atoms with van der Waals surface area (Å²) in [7, 11) is 0. The number of likely N-dealkylation sites (tertiary alicyclic amines) is 1. The molecule has 0 aromatic carbocycles. The number of rotatable bonds is 7. The van der Waals surface area contributed by atoms with Gasteiger partial charge in [0.2, 0.25) is 0 Å². The van der Waals surface area contributed by atoms with E-state index in [4.69, 9.17) is 0 Å². The van der Waals surface area contributed by atoms with Crippen LogP contribution in [0.2, 0.25) is 0 Å². The molecular weight excluding hydrogens is 248 g/mol. The zero-order valence-electron chi connectivity index (χ0n) is 13.3. The molecule has 1 saturated heterocycles. The first-order valence-corrected chi connectivity index (χ1v) is 8.93. The van der Waals surface area contributed by atoms with Crippen LogP contribution in [-0.2, 0) is 0 Å². The van der Waals surface area contributed by atoms with Gasteiger partial charge < -0.3 is 15.3 Å². The molecule has 2 aliphatic rings. The highest BCUT2D eigenvalue weighted by Gasteiger charge is 2.22. The van der Waals surface area contributed by atoms with Gasteiger partial charge in [-0.2, -0.15) is 0 Å². The van der Waals surface area contributed by atoms with Crippen molar-refractivity contribution in [1.82, 2.24) is 10.2 Å². The van der Waals surface area contributed by atoms with Crippen LogP contribution in [0.25, 0.3) is 0 Å². The third-order valence-electron chi connectivity index (χ3n) is 5.18. The van der Waals surface area contributed by atoms with E-state index in [1.807, 2.05) is 0 Å². The zero-order valence-corrected chi connectivity index (χ0v) is 13.3. The molecule has 1 aliphatic carbocycles. The first-order valence-electron chi connectivity index (χ1n) is 8.93. The Morgan fingerprint density at radius 2 is 1.85 bits per heavy atom. The Labute approximate surface area is 125 Å². The molecule has 1 heterocycles. The molecule has 3 nitrogen and oxygen atoms in total. The SMILES string of the molecule is CCCN1CCC(NCCCC2CCCCC2O)CC1. The average Bonchev–Trinajstić information content (AvgIpc) is 2.47. The predicted molar refractivity (Wildman–Crippen MR) is 85.0 cm³/mol. The lowest BCUT2D eigenvalue weighted by Gasteiger charge is -2.32. The molecule has 2 fully saturated rings. The Morgan fingerprint density at radius 3 is 2.55 bits per heavy atom.